The van der Waals surface area contributed by atoms with E-state index in [2.05, 4.69) is 9.97 Å². The van der Waals surface area contributed by atoms with Crippen molar-refractivity contribution < 1.29 is 4.74 Å². The van der Waals surface area contributed by atoms with Gasteiger partial charge in [0.05, 0.1) is 5.69 Å². The van der Waals surface area contributed by atoms with Crippen LogP contribution in [0.3, 0.4) is 0 Å². The number of ether oxygens (including phenoxy) is 1. The van der Waals surface area contributed by atoms with Gasteiger partial charge in [-0.05, 0) is 56.4 Å². The van der Waals surface area contributed by atoms with Gasteiger partial charge in [-0.2, -0.15) is 0 Å². The number of anilines is 1. The number of aryl methyl sites for hydroxylation is 2. The molecule has 0 atom stereocenters. The highest BCUT2D eigenvalue weighted by Gasteiger charge is 2.16. The van der Waals surface area contributed by atoms with Crippen LogP contribution < -0.4 is 10.5 Å². The van der Waals surface area contributed by atoms with Gasteiger partial charge in [0.2, 0.25) is 5.88 Å². The Bertz CT molecular complexity index is 610. The van der Waals surface area contributed by atoms with E-state index in [0.29, 0.717) is 5.88 Å². The third kappa shape index (κ3) is 2.38. The molecule has 1 aliphatic rings. The lowest BCUT2D eigenvalue weighted by Crippen LogP contribution is -2.08. The first-order valence-corrected chi connectivity index (χ1v) is 6.61. The monoisotopic (exact) mass is 255 g/mol. The van der Waals surface area contributed by atoms with Crippen LogP contribution in [0, 0.1) is 6.92 Å². The van der Waals surface area contributed by atoms with Gasteiger partial charge >= 0.3 is 0 Å². The summed E-state index contributed by atoms with van der Waals surface area (Å²) in [4.78, 5) is 8.62. The highest BCUT2D eigenvalue weighted by atomic mass is 16.5. The molecule has 2 aromatic rings. The van der Waals surface area contributed by atoms with Crippen LogP contribution in [-0.2, 0) is 12.8 Å². The van der Waals surface area contributed by atoms with Gasteiger partial charge in [0.1, 0.15) is 12.1 Å². The van der Waals surface area contributed by atoms with Crippen LogP contribution in [0.2, 0.25) is 0 Å². The molecule has 1 heterocycles. The maximum atomic E-state index is 5.91. The minimum Gasteiger partial charge on any atom is -0.439 e. The Balaban J connectivity index is 1.92. The number of nitrogen functional groups attached to an aromatic ring is 1. The molecule has 0 aliphatic heterocycles. The van der Waals surface area contributed by atoms with E-state index in [0.717, 1.165) is 41.1 Å². The summed E-state index contributed by atoms with van der Waals surface area (Å²) >= 11 is 0. The van der Waals surface area contributed by atoms with Crippen molar-refractivity contribution in [3.8, 4) is 11.6 Å². The molecule has 0 radical (unpaired) electrons. The first-order valence-electron chi connectivity index (χ1n) is 6.61. The third-order valence-corrected chi connectivity index (χ3v) is 3.54. The molecule has 98 valence electrons. The van der Waals surface area contributed by atoms with E-state index in [1.165, 1.54) is 12.8 Å². The maximum Gasteiger partial charge on any atom is 0.225 e. The van der Waals surface area contributed by atoms with E-state index in [1.54, 1.807) is 6.33 Å². The average Bonchev–Trinajstić information content (AvgIpc) is 2.43. The summed E-state index contributed by atoms with van der Waals surface area (Å²) in [5.74, 6) is 1.46. The van der Waals surface area contributed by atoms with Gasteiger partial charge in [-0.1, -0.05) is 0 Å². The second-order valence-electron chi connectivity index (χ2n) is 4.93. The van der Waals surface area contributed by atoms with Gasteiger partial charge in [-0.25, -0.2) is 9.97 Å². The van der Waals surface area contributed by atoms with Crippen LogP contribution in [0.15, 0.2) is 24.5 Å². The van der Waals surface area contributed by atoms with Crippen molar-refractivity contribution in [2.45, 2.75) is 32.6 Å². The summed E-state index contributed by atoms with van der Waals surface area (Å²) in [7, 11) is 0. The van der Waals surface area contributed by atoms with Crippen molar-refractivity contribution in [1.29, 1.82) is 0 Å². The molecule has 2 N–H and O–H groups in total. The second-order valence-corrected chi connectivity index (χ2v) is 4.93. The zero-order valence-electron chi connectivity index (χ0n) is 11.0. The second kappa shape index (κ2) is 4.88. The molecule has 0 bridgehead atoms. The molecule has 1 aromatic carbocycles. The summed E-state index contributed by atoms with van der Waals surface area (Å²) in [5.41, 5.74) is 9.89. The van der Waals surface area contributed by atoms with Crippen LogP contribution in [0.1, 0.15) is 29.7 Å². The molecule has 4 nitrogen and oxygen atoms in total. The number of rotatable bonds is 2. The zero-order valence-corrected chi connectivity index (χ0v) is 11.0. The summed E-state index contributed by atoms with van der Waals surface area (Å²) in [6, 6.07) is 5.67. The summed E-state index contributed by atoms with van der Waals surface area (Å²) in [6.45, 7) is 1.97. The highest BCUT2D eigenvalue weighted by Crippen LogP contribution is 2.30. The number of nitrogens with two attached hydrogens (primary N) is 1. The molecule has 1 aromatic heterocycles. The summed E-state index contributed by atoms with van der Waals surface area (Å²) in [6.07, 6.45) is 5.99. The Morgan fingerprint density at radius 1 is 1.16 bits per heavy atom. The molecule has 0 saturated carbocycles. The number of hydrogen-bond acceptors (Lipinski definition) is 4. The standard InChI is InChI=1S/C15H17N3O/c1-10-8-11(6-7-13(10)16)19-15-12-4-2-3-5-14(12)17-9-18-15/h6-9H,2-5,16H2,1H3. The minimum atomic E-state index is 0.689. The molecular formula is C15H17N3O. The maximum absolute atomic E-state index is 5.91. The van der Waals surface area contributed by atoms with Crippen molar-refractivity contribution in [3.63, 3.8) is 0 Å². The first-order chi connectivity index (χ1) is 9.24. The third-order valence-electron chi connectivity index (χ3n) is 3.54. The predicted molar refractivity (Wildman–Crippen MR) is 74.3 cm³/mol. The van der Waals surface area contributed by atoms with Crippen LogP contribution in [-0.4, -0.2) is 9.97 Å². The largest absolute Gasteiger partial charge is 0.439 e. The lowest BCUT2D eigenvalue weighted by atomic mass is 9.97. The molecule has 1 aliphatic carbocycles. The molecule has 0 fully saturated rings. The first kappa shape index (κ1) is 12.0. The number of fused-ring (bicyclic) bond motifs is 1. The molecule has 0 saturated heterocycles. The Morgan fingerprint density at radius 3 is 2.84 bits per heavy atom. The number of hydrogen-bond donors (Lipinski definition) is 1. The van der Waals surface area contributed by atoms with Crippen molar-refractivity contribution >= 4 is 5.69 Å². The van der Waals surface area contributed by atoms with E-state index < -0.39 is 0 Å². The Labute approximate surface area is 112 Å². The van der Waals surface area contributed by atoms with Gasteiger partial charge in [0, 0.05) is 11.3 Å². The fraction of sp³-hybridized carbons (Fsp3) is 0.333. The molecule has 4 heteroatoms. The van der Waals surface area contributed by atoms with Crippen molar-refractivity contribution in [3.05, 3.63) is 41.3 Å². The van der Waals surface area contributed by atoms with E-state index in [4.69, 9.17) is 10.5 Å². The van der Waals surface area contributed by atoms with Gasteiger partial charge in [0.15, 0.2) is 0 Å². The highest BCUT2D eigenvalue weighted by molar-refractivity contribution is 5.50. The van der Waals surface area contributed by atoms with Gasteiger partial charge < -0.3 is 10.5 Å². The van der Waals surface area contributed by atoms with Crippen molar-refractivity contribution in [2.24, 2.45) is 0 Å². The predicted octanol–water partition coefficient (Wildman–Crippen LogP) is 3.04. The Morgan fingerprint density at radius 2 is 2.00 bits per heavy atom. The smallest absolute Gasteiger partial charge is 0.225 e. The average molecular weight is 255 g/mol. The zero-order chi connectivity index (χ0) is 13.2. The Kier molecular flexibility index (Phi) is 3.07. The Hall–Kier alpha value is -2.10. The van der Waals surface area contributed by atoms with Crippen molar-refractivity contribution in [2.75, 3.05) is 5.73 Å². The normalized spacial score (nSPS) is 13.9. The topological polar surface area (TPSA) is 61.0 Å². The fourth-order valence-electron chi connectivity index (χ4n) is 2.40. The SMILES string of the molecule is Cc1cc(Oc2ncnc3c2CCCC3)ccc1N. The van der Waals surface area contributed by atoms with Gasteiger partial charge in [-0.3, -0.25) is 0 Å². The molecule has 3 rings (SSSR count). The van der Waals surface area contributed by atoms with Crippen LogP contribution >= 0.6 is 0 Å². The van der Waals surface area contributed by atoms with Crippen LogP contribution in [0.4, 0.5) is 5.69 Å². The quantitative estimate of drug-likeness (QED) is 0.838. The molecule has 0 unspecified atom stereocenters. The lowest BCUT2D eigenvalue weighted by molar-refractivity contribution is 0.446. The fourth-order valence-corrected chi connectivity index (χ4v) is 2.40. The van der Waals surface area contributed by atoms with E-state index in [1.807, 2.05) is 25.1 Å². The van der Waals surface area contributed by atoms with Crippen LogP contribution in [0.5, 0.6) is 11.6 Å². The minimum absolute atomic E-state index is 0.689. The summed E-state index contributed by atoms with van der Waals surface area (Å²) < 4.78 is 5.91. The molecule has 0 spiro atoms. The molecular weight excluding hydrogens is 238 g/mol. The number of aromatic nitrogens is 2. The van der Waals surface area contributed by atoms with E-state index >= 15 is 0 Å². The van der Waals surface area contributed by atoms with E-state index in [-0.39, 0.29) is 0 Å². The van der Waals surface area contributed by atoms with Gasteiger partial charge in [0.25, 0.3) is 0 Å². The lowest BCUT2D eigenvalue weighted by Gasteiger charge is -2.17. The number of benzene rings is 1. The molecule has 0 amide bonds. The van der Waals surface area contributed by atoms with Crippen molar-refractivity contribution in [1.82, 2.24) is 9.97 Å². The van der Waals surface area contributed by atoms with Gasteiger partial charge in [-0.15, -0.1) is 0 Å². The van der Waals surface area contributed by atoms with Crippen LogP contribution in [0.25, 0.3) is 0 Å². The molecule has 19 heavy (non-hydrogen) atoms. The number of nitrogens with zero attached hydrogens (tertiary/aromatic N) is 2. The van der Waals surface area contributed by atoms with E-state index in [9.17, 15) is 0 Å². The summed E-state index contributed by atoms with van der Waals surface area (Å²) in [5, 5.41) is 0.